The van der Waals surface area contributed by atoms with Crippen molar-refractivity contribution in [2.45, 2.75) is 20.0 Å². The molecule has 0 spiro atoms. The quantitative estimate of drug-likeness (QED) is 0.442. The van der Waals surface area contributed by atoms with Gasteiger partial charge in [0.05, 0.1) is 11.8 Å². The third-order valence-electron chi connectivity index (χ3n) is 4.34. The summed E-state index contributed by atoms with van der Waals surface area (Å²) in [6.45, 7) is 2.91. The van der Waals surface area contributed by atoms with Crippen molar-refractivity contribution in [3.8, 4) is 0 Å². The monoisotopic (exact) mass is 420 g/mol. The molecule has 158 valence electrons. The fraction of sp³-hybridized carbons (Fsp3) is 0.130. The van der Waals surface area contributed by atoms with Crippen LogP contribution >= 0.6 is 0 Å². The van der Waals surface area contributed by atoms with Crippen LogP contribution in [0.2, 0.25) is 0 Å². The van der Waals surface area contributed by atoms with Gasteiger partial charge >= 0.3 is 5.97 Å². The summed E-state index contributed by atoms with van der Waals surface area (Å²) in [4.78, 5) is 47.8. The van der Waals surface area contributed by atoms with E-state index in [1.54, 1.807) is 42.5 Å². The number of esters is 1. The summed E-state index contributed by atoms with van der Waals surface area (Å²) < 4.78 is 10.2. The van der Waals surface area contributed by atoms with Crippen LogP contribution in [0, 0.1) is 0 Å². The first-order valence-electron chi connectivity index (χ1n) is 9.41. The van der Waals surface area contributed by atoms with E-state index in [-0.39, 0.29) is 17.1 Å². The first-order valence-corrected chi connectivity index (χ1v) is 9.41. The lowest BCUT2D eigenvalue weighted by Gasteiger charge is -2.14. The van der Waals surface area contributed by atoms with Gasteiger partial charge in [-0.05, 0) is 74.5 Å². The van der Waals surface area contributed by atoms with Crippen LogP contribution in [0.1, 0.15) is 45.1 Å². The number of hydrogen-bond donors (Lipinski definition) is 2. The van der Waals surface area contributed by atoms with Crippen molar-refractivity contribution in [2.24, 2.45) is 0 Å². The van der Waals surface area contributed by atoms with Crippen LogP contribution in [0.25, 0.3) is 0 Å². The van der Waals surface area contributed by atoms with Crippen molar-refractivity contribution in [3.05, 3.63) is 83.8 Å². The van der Waals surface area contributed by atoms with E-state index in [1.165, 1.54) is 38.3 Å². The fourth-order valence-electron chi connectivity index (χ4n) is 2.60. The lowest BCUT2D eigenvalue weighted by atomic mass is 10.1. The van der Waals surface area contributed by atoms with E-state index in [2.05, 4.69) is 10.6 Å². The zero-order valence-corrected chi connectivity index (χ0v) is 16.9. The van der Waals surface area contributed by atoms with Crippen molar-refractivity contribution in [3.63, 3.8) is 0 Å². The van der Waals surface area contributed by atoms with E-state index in [9.17, 15) is 19.2 Å². The normalized spacial score (nSPS) is 11.3. The van der Waals surface area contributed by atoms with Crippen molar-refractivity contribution in [1.82, 2.24) is 0 Å². The van der Waals surface area contributed by atoms with Gasteiger partial charge in [0.1, 0.15) is 0 Å². The highest BCUT2D eigenvalue weighted by molar-refractivity contribution is 6.02. The third-order valence-corrected chi connectivity index (χ3v) is 4.34. The van der Waals surface area contributed by atoms with E-state index < -0.39 is 23.9 Å². The summed E-state index contributed by atoms with van der Waals surface area (Å²) in [6.07, 6.45) is 0.352. The molecule has 0 aliphatic rings. The predicted octanol–water partition coefficient (Wildman–Crippen LogP) is 3.92. The molecular weight excluding hydrogens is 400 g/mol. The molecule has 2 amide bonds. The molecule has 3 rings (SSSR count). The summed E-state index contributed by atoms with van der Waals surface area (Å²) in [5, 5.41) is 5.26. The van der Waals surface area contributed by atoms with Crippen molar-refractivity contribution >= 4 is 34.9 Å². The van der Waals surface area contributed by atoms with E-state index in [1.807, 2.05) is 0 Å². The second kappa shape index (κ2) is 9.53. The number of Topliss-reactive ketones (excluding diaryl/α,β-unsaturated/α-hetero) is 1. The van der Waals surface area contributed by atoms with Gasteiger partial charge in [0.2, 0.25) is 0 Å². The van der Waals surface area contributed by atoms with E-state index in [4.69, 9.17) is 9.15 Å². The summed E-state index contributed by atoms with van der Waals surface area (Å²) in [6, 6.07) is 15.6. The molecule has 2 aromatic carbocycles. The predicted molar refractivity (Wildman–Crippen MR) is 113 cm³/mol. The Morgan fingerprint density at radius 1 is 0.839 bits per heavy atom. The molecule has 1 aromatic heterocycles. The molecule has 0 saturated heterocycles. The molecule has 0 fully saturated rings. The average molecular weight is 420 g/mol. The molecule has 0 aliphatic heterocycles. The molecule has 31 heavy (non-hydrogen) atoms. The number of amides is 2. The molecule has 0 radical (unpaired) electrons. The van der Waals surface area contributed by atoms with Crippen LogP contribution in [0.15, 0.2) is 71.3 Å². The number of ether oxygens (including phenoxy) is 1. The Kier molecular flexibility index (Phi) is 6.61. The molecule has 0 bridgehead atoms. The van der Waals surface area contributed by atoms with Gasteiger partial charge in [-0.25, -0.2) is 4.79 Å². The minimum atomic E-state index is -1.04. The standard InChI is InChI=1S/C23H20N2O6/c1-14(26)16-5-9-18(10-6-16)24-21(27)15(2)31-23(29)17-7-11-19(12-8-17)25-22(28)20-4-3-13-30-20/h3-13,15H,1-2H3,(H,24,27)(H,25,28). The highest BCUT2D eigenvalue weighted by atomic mass is 16.5. The molecule has 1 unspecified atom stereocenters. The van der Waals surface area contributed by atoms with Gasteiger partial charge in [0.15, 0.2) is 17.6 Å². The second-order valence-corrected chi connectivity index (χ2v) is 6.68. The summed E-state index contributed by atoms with van der Waals surface area (Å²) in [5.74, 6) is -1.52. The maximum atomic E-state index is 12.3. The van der Waals surface area contributed by atoms with Gasteiger partial charge in [-0.2, -0.15) is 0 Å². The SMILES string of the molecule is CC(=O)c1ccc(NC(=O)C(C)OC(=O)c2ccc(NC(=O)c3ccco3)cc2)cc1. The number of rotatable bonds is 7. The van der Waals surface area contributed by atoms with Crippen molar-refractivity contribution in [2.75, 3.05) is 10.6 Å². The fourth-order valence-corrected chi connectivity index (χ4v) is 2.60. The Morgan fingerprint density at radius 2 is 1.42 bits per heavy atom. The molecule has 0 saturated carbocycles. The number of anilines is 2. The van der Waals surface area contributed by atoms with E-state index in [0.29, 0.717) is 16.9 Å². The molecule has 1 atom stereocenters. The highest BCUT2D eigenvalue weighted by Gasteiger charge is 2.19. The second-order valence-electron chi connectivity index (χ2n) is 6.68. The highest BCUT2D eigenvalue weighted by Crippen LogP contribution is 2.14. The van der Waals surface area contributed by atoms with E-state index in [0.717, 1.165) is 0 Å². The smallest absolute Gasteiger partial charge is 0.338 e. The van der Waals surface area contributed by atoms with Gasteiger partial charge in [-0.1, -0.05) is 0 Å². The molecule has 2 N–H and O–H groups in total. The number of furan rings is 1. The molecule has 3 aromatic rings. The number of carbonyl (C=O) groups excluding carboxylic acids is 4. The maximum Gasteiger partial charge on any atom is 0.338 e. The third kappa shape index (κ3) is 5.66. The Balaban J connectivity index is 1.54. The topological polar surface area (TPSA) is 115 Å². The Labute approximate surface area is 178 Å². The van der Waals surface area contributed by atoms with Crippen molar-refractivity contribution in [1.29, 1.82) is 0 Å². The number of hydrogen-bond acceptors (Lipinski definition) is 6. The Morgan fingerprint density at radius 3 is 1.97 bits per heavy atom. The number of nitrogens with one attached hydrogen (secondary N) is 2. The van der Waals surface area contributed by atoms with Gasteiger partial charge in [0, 0.05) is 16.9 Å². The zero-order chi connectivity index (χ0) is 22.4. The lowest BCUT2D eigenvalue weighted by Crippen LogP contribution is -2.30. The van der Waals surface area contributed by atoms with Crippen LogP contribution in [-0.2, 0) is 9.53 Å². The summed E-state index contributed by atoms with van der Waals surface area (Å²) in [7, 11) is 0. The maximum absolute atomic E-state index is 12.3. The van der Waals surface area contributed by atoms with Gasteiger partial charge in [-0.15, -0.1) is 0 Å². The minimum absolute atomic E-state index is 0.0771. The largest absolute Gasteiger partial charge is 0.459 e. The molecule has 8 heteroatoms. The van der Waals surface area contributed by atoms with Gasteiger partial charge < -0.3 is 19.8 Å². The van der Waals surface area contributed by atoms with Crippen LogP contribution in [0.3, 0.4) is 0 Å². The van der Waals surface area contributed by atoms with Gasteiger partial charge in [0.25, 0.3) is 11.8 Å². The van der Waals surface area contributed by atoms with Gasteiger partial charge in [-0.3, -0.25) is 14.4 Å². The molecular formula is C23H20N2O6. The average Bonchev–Trinajstić information content (AvgIpc) is 3.29. The van der Waals surface area contributed by atoms with Crippen LogP contribution in [-0.4, -0.2) is 29.7 Å². The summed E-state index contributed by atoms with van der Waals surface area (Å²) in [5.41, 5.74) is 1.70. The van der Waals surface area contributed by atoms with Crippen LogP contribution < -0.4 is 10.6 Å². The zero-order valence-electron chi connectivity index (χ0n) is 16.9. The van der Waals surface area contributed by atoms with Crippen LogP contribution in [0.4, 0.5) is 11.4 Å². The van der Waals surface area contributed by atoms with Crippen molar-refractivity contribution < 1.29 is 28.3 Å². The van der Waals surface area contributed by atoms with Crippen LogP contribution in [0.5, 0.6) is 0 Å². The molecule has 0 aliphatic carbocycles. The first-order chi connectivity index (χ1) is 14.8. The Bertz CT molecular complexity index is 1090. The number of benzene rings is 2. The number of carbonyl (C=O) groups is 4. The lowest BCUT2D eigenvalue weighted by molar-refractivity contribution is -0.123. The number of ketones is 1. The molecule has 1 heterocycles. The first kappa shape index (κ1) is 21.5. The summed E-state index contributed by atoms with van der Waals surface area (Å²) >= 11 is 0. The minimum Gasteiger partial charge on any atom is -0.459 e. The molecule has 8 nitrogen and oxygen atoms in total. The van der Waals surface area contributed by atoms with E-state index >= 15 is 0 Å². The Hall–Kier alpha value is -4.20.